The average Bonchev–Trinajstić information content (AvgIpc) is 3.06. The van der Waals surface area contributed by atoms with Crippen molar-refractivity contribution >= 4 is 29.9 Å². The molecule has 0 aliphatic carbocycles. The van der Waals surface area contributed by atoms with Crippen LogP contribution in [0.15, 0.2) is 17.1 Å². The first-order chi connectivity index (χ1) is 12.1. The highest BCUT2D eigenvalue weighted by Gasteiger charge is 2.15. The van der Waals surface area contributed by atoms with Crippen molar-refractivity contribution in [1.29, 1.82) is 0 Å². The van der Waals surface area contributed by atoms with Gasteiger partial charge in [0.25, 0.3) is 0 Å². The molecule has 2 rings (SSSR count). The van der Waals surface area contributed by atoms with Crippen LogP contribution >= 0.6 is 24.0 Å². The van der Waals surface area contributed by atoms with E-state index in [0.717, 1.165) is 51.7 Å². The molecule has 0 radical (unpaired) electrons. The Kier molecular flexibility index (Phi) is 11.2. The molecule has 1 heterocycles. The van der Waals surface area contributed by atoms with Gasteiger partial charge in [-0.1, -0.05) is 17.7 Å². The molecule has 1 aromatic rings. The van der Waals surface area contributed by atoms with Crippen molar-refractivity contribution in [3.8, 4) is 0 Å². The summed E-state index contributed by atoms with van der Waals surface area (Å²) in [4.78, 5) is 4.74. The normalized spacial score (nSPS) is 17.1. The molecule has 0 saturated carbocycles. The summed E-state index contributed by atoms with van der Waals surface area (Å²) in [5.74, 6) is 0.867. The van der Waals surface area contributed by atoms with Gasteiger partial charge < -0.3 is 20.1 Å². The largest absolute Gasteiger partial charge is 0.379 e. The molecule has 1 saturated heterocycles. The zero-order valence-electron chi connectivity index (χ0n) is 16.6. The van der Waals surface area contributed by atoms with Crippen molar-refractivity contribution in [3.05, 3.63) is 34.4 Å². The third kappa shape index (κ3) is 7.80. The van der Waals surface area contributed by atoms with Crippen LogP contribution in [-0.4, -0.2) is 45.0 Å². The molecule has 1 aromatic carbocycles. The Labute approximate surface area is 175 Å². The van der Waals surface area contributed by atoms with Crippen LogP contribution in [0, 0.1) is 20.8 Å². The maximum Gasteiger partial charge on any atom is 0.191 e. The smallest absolute Gasteiger partial charge is 0.191 e. The van der Waals surface area contributed by atoms with Crippen molar-refractivity contribution in [1.82, 2.24) is 10.6 Å². The number of rotatable bonds is 8. The van der Waals surface area contributed by atoms with Gasteiger partial charge in [-0.2, -0.15) is 0 Å². The Morgan fingerprint density at radius 1 is 1.23 bits per heavy atom. The van der Waals surface area contributed by atoms with E-state index < -0.39 is 0 Å². The van der Waals surface area contributed by atoms with Gasteiger partial charge in [0.2, 0.25) is 0 Å². The van der Waals surface area contributed by atoms with E-state index in [2.05, 4.69) is 50.5 Å². The molecule has 6 heteroatoms. The number of hydrogen-bond acceptors (Lipinski definition) is 3. The first kappa shape index (κ1) is 23.2. The lowest BCUT2D eigenvalue weighted by molar-refractivity contribution is 0.0420. The molecule has 1 unspecified atom stereocenters. The summed E-state index contributed by atoms with van der Waals surface area (Å²) in [5, 5.41) is 6.71. The topological polar surface area (TPSA) is 54.9 Å². The summed E-state index contributed by atoms with van der Waals surface area (Å²) in [7, 11) is 0. The van der Waals surface area contributed by atoms with Gasteiger partial charge in [-0.05, 0) is 57.2 Å². The number of aryl methyl sites for hydroxylation is 3. The Morgan fingerprint density at radius 3 is 2.58 bits per heavy atom. The molecule has 148 valence electrons. The maximum absolute atomic E-state index is 5.79. The van der Waals surface area contributed by atoms with Crippen molar-refractivity contribution in [2.24, 2.45) is 4.99 Å². The molecule has 26 heavy (non-hydrogen) atoms. The van der Waals surface area contributed by atoms with Crippen LogP contribution in [0.25, 0.3) is 0 Å². The zero-order valence-corrected chi connectivity index (χ0v) is 18.9. The van der Waals surface area contributed by atoms with Crippen molar-refractivity contribution in [2.45, 2.75) is 53.2 Å². The molecule has 0 spiro atoms. The SMILES string of the molecule is CCNC(=NCc1c(C)cc(C)cc1C)NCCCOC1CCOC1.I. The average molecular weight is 475 g/mol. The summed E-state index contributed by atoms with van der Waals surface area (Å²) in [5.41, 5.74) is 5.24. The van der Waals surface area contributed by atoms with Crippen LogP contribution in [0.3, 0.4) is 0 Å². The molecule has 1 aliphatic heterocycles. The minimum absolute atomic E-state index is 0. The fraction of sp³-hybridized carbons (Fsp3) is 0.650. The summed E-state index contributed by atoms with van der Waals surface area (Å²) >= 11 is 0. The van der Waals surface area contributed by atoms with Crippen molar-refractivity contribution in [2.75, 3.05) is 32.9 Å². The zero-order chi connectivity index (χ0) is 18.1. The molecule has 0 aromatic heterocycles. The molecular weight excluding hydrogens is 441 g/mol. The van der Waals surface area contributed by atoms with Gasteiger partial charge in [0.15, 0.2) is 5.96 Å². The van der Waals surface area contributed by atoms with E-state index in [1.807, 2.05) is 0 Å². The number of aliphatic imine (C=N–C) groups is 1. The predicted molar refractivity (Wildman–Crippen MR) is 119 cm³/mol. The van der Waals surface area contributed by atoms with Crippen molar-refractivity contribution < 1.29 is 9.47 Å². The highest BCUT2D eigenvalue weighted by atomic mass is 127. The van der Waals surface area contributed by atoms with Crippen LogP contribution in [0.1, 0.15) is 42.0 Å². The number of ether oxygens (including phenoxy) is 2. The first-order valence-electron chi connectivity index (χ1n) is 9.38. The second-order valence-corrected chi connectivity index (χ2v) is 6.71. The molecule has 1 aliphatic rings. The van der Waals surface area contributed by atoms with Gasteiger partial charge in [0.1, 0.15) is 0 Å². The van der Waals surface area contributed by atoms with E-state index in [9.17, 15) is 0 Å². The fourth-order valence-electron chi connectivity index (χ4n) is 3.13. The van der Waals surface area contributed by atoms with Gasteiger partial charge in [-0.15, -0.1) is 24.0 Å². The number of hydrogen-bond donors (Lipinski definition) is 2. The van der Waals surface area contributed by atoms with E-state index in [1.165, 1.54) is 22.3 Å². The van der Waals surface area contributed by atoms with E-state index >= 15 is 0 Å². The Hall–Kier alpha value is -0.860. The molecule has 0 bridgehead atoms. The summed E-state index contributed by atoms with van der Waals surface area (Å²) in [6.07, 6.45) is 2.27. The molecular formula is C20H34IN3O2. The molecule has 1 atom stereocenters. The number of nitrogens with one attached hydrogen (secondary N) is 2. The third-order valence-corrected chi connectivity index (χ3v) is 4.43. The summed E-state index contributed by atoms with van der Waals surface area (Å²) in [6.45, 7) is 13.3. The fourth-order valence-corrected chi connectivity index (χ4v) is 3.13. The standard InChI is InChI=1S/C20H33N3O2.HI/c1-5-21-20(22-8-6-9-25-18-7-10-24-14-18)23-13-19-16(3)11-15(2)12-17(19)4;/h11-12,18H,5-10,13-14H2,1-4H3,(H2,21,22,23);1H. The van der Waals surface area contributed by atoms with Crippen LogP contribution in [0.5, 0.6) is 0 Å². The van der Waals surface area contributed by atoms with E-state index in [1.54, 1.807) is 0 Å². The number of halogens is 1. The maximum atomic E-state index is 5.79. The lowest BCUT2D eigenvalue weighted by Crippen LogP contribution is -2.38. The van der Waals surface area contributed by atoms with Crippen LogP contribution < -0.4 is 10.6 Å². The van der Waals surface area contributed by atoms with Crippen LogP contribution in [0.4, 0.5) is 0 Å². The quantitative estimate of drug-likeness (QED) is 0.262. The molecule has 1 fully saturated rings. The van der Waals surface area contributed by atoms with E-state index in [-0.39, 0.29) is 30.1 Å². The Bertz CT molecular complexity index is 549. The van der Waals surface area contributed by atoms with Crippen LogP contribution in [-0.2, 0) is 16.0 Å². The minimum Gasteiger partial charge on any atom is -0.379 e. The number of benzene rings is 1. The van der Waals surface area contributed by atoms with Gasteiger partial charge in [0.05, 0.1) is 19.3 Å². The van der Waals surface area contributed by atoms with Gasteiger partial charge >= 0.3 is 0 Å². The molecule has 5 nitrogen and oxygen atoms in total. The summed E-state index contributed by atoms with van der Waals surface area (Å²) < 4.78 is 11.1. The molecule has 2 N–H and O–H groups in total. The predicted octanol–water partition coefficient (Wildman–Crippen LogP) is 3.48. The molecule has 0 amide bonds. The second-order valence-electron chi connectivity index (χ2n) is 6.71. The number of nitrogens with zero attached hydrogens (tertiary/aromatic N) is 1. The third-order valence-electron chi connectivity index (χ3n) is 4.43. The Morgan fingerprint density at radius 2 is 1.96 bits per heavy atom. The first-order valence-corrected chi connectivity index (χ1v) is 9.38. The monoisotopic (exact) mass is 475 g/mol. The minimum atomic E-state index is 0. The van der Waals surface area contributed by atoms with Gasteiger partial charge in [-0.3, -0.25) is 0 Å². The van der Waals surface area contributed by atoms with Crippen molar-refractivity contribution in [3.63, 3.8) is 0 Å². The van der Waals surface area contributed by atoms with E-state index in [4.69, 9.17) is 14.5 Å². The van der Waals surface area contributed by atoms with Gasteiger partial charge in [-0.25, -0.2) is 4.99 Å². The number of guanidine groups is 1. The lowest BCUT2D eigenvalue weighted by Gasteiger charge is -2.14. The Balaban J connectivity index is 0.00000338. The lowest BCUT2D eigenvalue weighted by atomic mass is 10.00. The van der Waals surface area contributed by atoms with Crippen LogP contribution in [0.2, 0.25) is 0 Å². The second kappa shape index (κ2) is 12.5. The van der Waals surface area contributed by atoms with Gasteiger partial charge in [0, 0.05) is 26.3 Å². The highest BCUT2D eigenvalue weighted by molar-refractivity contribution is 14.0. The summed E-state index contributed by atoms with van der Waals surface area (Å²) in [6, 6.07) is 4.45. The highest BCUT2D eigenvalue weighted by Crippen LogP contribution is 2.17. The van der Waals surface area contributed by atoms with E-state index in [0.29, 0.717) is 6.54 Å².